The van der Waals surface area contributed by atoms with Crippen molar-refractivity contribution in [3.05, 3.63) is 46.2 Å². The van der Waals surface area contributed by atoms with E-state index >= 15 is 0 Å². The molecule has 1 aromatic heterocycles. The number of nitrogens with one attached hydrogen (secondary N) is 2. The Morgan fingerprint density at radius 2 is 2.29 bits per heavy atom. The number of halogens is 1. The van der Waals surface area contributed by atoms with Crippen molar-refractivity contribution < 1.29 is 4.79 Å². The van der Waals surface area contributed by atoms with E-state index in [0.29, 0.717) is 6.42 Å². The molecule has 17 heavy (non-hydrogen) atoms. The normalized spacial score (nSPS) is 10.2. The third-order valence-electron chi connectivity index (χ3n) is 2.37. The number of carbonyl (C=O) groups is 1. The molecule has 0 unspecified atom stereocenters. The van der Waals surface area contributed by atoms with E-state index in [1.165, 1.54) is 0 Å². The van der Waals surface area contributed by atoms with E-state index in [1.807, 2.05) is 25.1 Å². The highest BCUT2D eigenvalue weighted by Gasteiger charge is 2.06. The summed E-state index contributed by atoms with van der Waals surface area (Å²) in [6.45, 7) is 1.95. The predicted octanol–water partition coefficient (Wildman–Crippen LogP) is 2.66. The zero-order valence-electron chi connectivity index (χ0n) is 9.33. The summed E-state index contributed by atoms with van der Waals surface area (Å²) < 4.78 is 1.00. The third-order valence-corrected chi connectivity index (χ3v) is 2.87. The fraction of sp³-hybridized carbons (Fsp3) is 0.167. The highest BCUT2D eigenvalue weighted by molar-refractivity contribution is 9.10. The minimum absolute atomic E-state index is 0.0559. The first-order chi connectivity index (χ1) is 8.15. The molecule has 2 rings (SSSR count). The molecule has 0 atom stereocenters. The molecule has 0 saturated carbocycles. The molecule has 2 aromatic rings. The van der Waals surface area contributed by atoms with Crippen LogP contribution in [0, 0.1) is 6.92 Å². The number of nitrogens with zero attached hydrogens (tertiary/aromatic N) is 1. The van der Waals surface area contributed by atoms with Gasteiger partial charge in [0.05, 0.1) is 6.42 Å². The number of aromatic nitrogens is 2. The van der Waals surface area contributed by atoms with E-state index in [0.717, 1.165) is 21.4 Å². The van der Waals surface area contributed by atoms with Crippen molar-refractivity contribution in [2.24, 2.45) is 0 Å². The summed E-state index contributed by atoms with van der Waals surface area (Å²) in [7, 11) is 0. The van der Waals surface area contributed by atoms with Crippen molar-refractivity contribution >= 4 is 27.5 Å². The number of aromatic amines is 1. The molecule has 1 amide bonds. The number of benzene rings is 1. The average molecular weight is 294 g/mol. The lowest BCUT2D eigenvalue weighted by atomic mass is 10.2. The fourth-order valence-electron chi connectivity index (χ4n) is 1.52. The maximum absolute atomic E-state index is 11.7. The maximum atomic E-state index is 11.7. The molecule has 0 spiro atoms. The Labute approximate surface area is 108 Å². The van der Waals surface area contributed by atoms with Crippen LogP contribution in [0.2, 0.25) is 0 Å². The molecule has 0 saturated heterocycles. The molecule has 2 N–H and O–H groups in total. The van der Waals surface area contributed by atoms with Crippen LogP contribution in [0.3, 0.4) is 0 Å². The van der Waals surface area contributed by atoms with Gasteiger partial charge in [-0.15, -0.1) is 0 Å². The number of H-pyrrole nitrogens is 1. The van der Waals surface area contributed by atoms with Crippen LogP contribution in [-0.4, -0.2) is 16.1 Å². The average Bonchev–Trinajstić information content (AvgIpc) is 2.75. The van der Waals surface area contributed by atoms with Crippen molar-refractivity contribution in [3.63, 3.8) is 0 Å². The van der Waals surface area contributed by atoms with Gasteiger partial charge in [-0.05, 0) is 36.8 Å². The zero-order valence-corrected chi connectivity index (χ0v) is 10.9. The van der Waals surface area contributed by atoms with Crippen molar-refractivity contribution in [1.82, 2.24) is 10.2 Å². The second-order valence-corrected chi connectivity index (χ2v) is 4.68. The molecule has 0 radical (unpaired) electrons. The smallest absolute Gasteiger partial charge is 0.230 e. The van der Waals surface area contributed by atoms with Gasteiger partial charge in [-0.1, -0.05) is 15.9 Å². The Balaban J connectivity index is 2.03. The van der Waals surface area contributed by atoms with Gasteiger partial charge in [0.1, 0.15) is 0 Å². The Morgan fingerprint density at radius 3 is 2.94 bits per heavy atom. The summed E-state index contributed by atoms with van der Waals surface area (Å²) >= 11 is 3.39. The Bertz CT molecular complexity index is 523. The molecule has 1 heterocycles. The zero-order chi connectivity index (χ0) is 12.3. The lowest BCUT2D eigenvalue weighted by Crippen LogP contribution is -2.15. The van der Waals surface area contributed by atoms with E-state index in [1.54, 1.807) is 12.3 Å². The van der Waals surface area contributed by atoms with Crippen molar-refractivity contribution in [2.75, 3.05) is 5.32 Å². The molecule has 1 aromatic carbocycles. The summed E-state index contributed by atoms with van der Waals surface area (Å²) in [5.74, 6) is -0.0559. The van der Waals surface area contributed by atoms with E-state index in [4.69, 9.17) is 0 Å². The predicted molar refractivity (Wildman–Crippen MR) is 69.8 cm³/mol. The van der Waals surface area contributed by atoms with Gasteiger partial charge in [-0.3, -0.25) is 9.89 Å². The van der Waals surface area contributed by atoms with Gasteiger partial charge < -0.3 is 5.32 Å². The van der Waals surface area contributed by atoms with Gasteiger partial charge in [0.2, 0.25) is 5.91 Å². The van der Waals surface area contributed by atoms with Crippen LogP contribution in [0.15, 0.2) is 34.9 Å². The van der Waals surface area contributed by atoms with Gasteiger partial charge in [-0.25, -0.2) is 0 Å². The number of aryl methyl sites for hydroxylation is 1. The Hall–Kier alpha value is -1.62. The number of hydrogen-bond donors (Lipinski definition) is 2. The molecule has 0 fully saturated rings. The molecule has 0 aliphatic rings. The second kappa shape index (κ2) is 5.14. The SMILES string of the molecule is Cc1cc(Br)ccc1NC(=O)Cc1ccn[nH]1. The maximum Gasteiger partial charge on any atom is 0.230 e. The van der Waals surface area contributed by atoms with E-state index in [2.05, 4.69) is 31.4 Å². The summed E-state index contributed by atoms with van der Waals surface area (Å²) in [6.07, 6.45) is 1.93. The highest BCUT2D eigenvalue weighted by Crippen LogP contribution is 2.20. The molecule has 5 heteroatoms. The molecular formula is C12H12BrN3O. The van der Waals surface area contributed by atoms with Crippen molar-refractivity contribution in [2.45, 2.75) is 13.3 Å². The number of carbonyl (C=O) groups excluding carboxylic acids is 1. The van der Waals surface area contributed by atoms with Crippen LogP contribution in [0.4, 0.5) is 5.69 Å². The number of anilines is 1. The second-order valence-electron chi connectivity index (χ2n) is 3.77. The number of rotatable bonds is 3. The van der Waals surface area contributed by atoms with Crippen molar-refractivity contribution in [3.8, 4) is 0 Å². The van der Waals surface area contributed by atoms with E-state index in [9.17, 15) is 4.79 Å². The lowest BCUT2D eigenvalue weighted by Gasteiger charge is -2.08. The fourth-order valence-corrected chi connectivity index (χ4v) is 1.99. The molecule has 4 nitrogen and oxygen atoms in total. The van der Waals surface area contributed by atoms with Crippen LogP contribution in [0.5, 0.6) is 0 Å². The summed E-state index contributed by atoms with van der Waals surface area (Å²) in [4.78, 5) is 11.7. The quantitative estimate of drug-likeness (QED) is 0.914. The minimum atomic E-state index is -0.0559. The van der Waals surface area contributed by atoms with Gasteiger partial charge >= 0.3 is 0 Å². The summed E-state index contributed by atoms with van der Waals surface area (Å²) in [5, 5.41) is 9.43. The van der Waals surface area contributed by atoms with Crippen LogP contribution in [-0.2, 0) is 11.2 Å². The van der Waals surface area contributed by atoms with Gasteiger partial charge in [-0.2, -0.15) is 5.10 Å². The molecule has 0 aliphatic heterocycles. The first-order valence-corrected chi connectivity index (χ1v) is 5.99. The van der Waals surface area contributed by atoms with Crippen LogP contribution < -0.4 is 5.32 Å². The first-order valence-electron chi connectivity index (χ1n) is 5.19. The molecule has 0 aliphatic carbocycles. The molecular weight excluding hydrogens is 282 g/mol. The van der Waals surface area contributed by atoms with Crippen LogP contribution in [0.25, 0.3) is 0 Å². The van der Waals surface area contributed by atoms with Crippen LogP contribution in [0.1, 0.15) is 11.3 Å². The largest absolute Gasteiger partial charge is 0.326 e. The van der Waals surface area contributed by atoms with Gasteiger partial charge in [0.25, 0.3) is 0 Å². The minimum Gasteiger partial charge on any atom is -0.326 e. The van der Waals surface area contributed by atoms with E-state index in [-0.39, 0.29) is 5.91 Å². The molecule has 0 bridgehead atoms. The lowest BCUT2D eigenvalue weighted by molar-refractivity contribution is -0.115. The topological polar surface area (TPSA) is 57.8 Å². The first kappa shape index (κ1) is 11.9. The number of amides is 1. The summed E-state index contributed by atoms with van der Waals surface area (Å²) in [6, 6.07) is 7.53. The number of hydrogen-bond acceptors (Lipinski definition) is 2. The van der Waals surface area contributed by atoms with Gasteiger partial charge in [0.15, 0.2) is 0 Å². The Morgan fingerprint density at radius 1 is 1.47 bits per heavy atom. The van der Waals surface area contributed by atoms with Crippen molar-refractivity contribution in [1.29, 1.82) is 0 Å². The summed E-state index contributed by atoms with van der Waals surface area (Å²) in [5.41, 5.74) is 2.66. The Kier molecular flexibility index (Phi) is 3.58. The van der Waals surface area contributed by atoms with Crippen LogP contribution >= 0.6 is 15.9 Å². The standard InChI is InChI=1S/C12H12BrN3O/c1-8-6-9(13)2-3-11(8)15-12(17)7-10-4-5-14-16-10/h2-6H,7H2,1H3,(H,14,16)(H,15,17). The third kappa shape index (κ3) is 3.17. The monoisotopic (exact) mass is 293 g/mol. The van der Waals surface area contributed by atoms with E-state index < -0.39 is 0 Å². The highest BCUT2D eigenvalue weighted by atomic mass is 79.9. The van der Waals surface area contributed by atoms with Gasteiger partial charge in [0, 0.05) is 22.1 Å². The molecule has 88 valence electrons.